The van der Waals surface area contributed by atoms with Crippen LogP contribution in [0.3, 0.4) is 0 Å². The molecule has 0 radical (unpaired) electrons. The Balaban J connectivity index is 1.84. The molecule has 0 aromatic heterocycles. The van der Waals surface area contributed by atoms with Gasteiger partial charge in [-0.15, -0.1) is 0 Å². The molecule has 1 aliphatic carbocycles. The Morgan fingerprint density at radius 2 is 1.12 bits per heavy atom. The van der Waals surface area contributed by atoms with Crippen LogP contribution in [0.5, 0.6) is 11.5 Å². The Hall–Kier alpha value is -3.71. The molecule has 0 aliphatic heterocycles. The van der Waals surface area contributed by atoms with E-state index in [1.165, 1.54) is 0 Å². The smallest absolute Gasteiger partial charge is 0.194 e. The van der Waals surface area contributed by atoms with Crippen molar-refractivity contribution < 1.29 is 17.4 Å². The maximum atomic E-state index is 14.1. The van der Waals surface area contributed by atoms with Gasteiger partial charge in [-0.3, -0.25) is 9.59 Å². The minimum absolute atomic E-state index is 0.0418. The van der Waals surface area contributed by atoms with Gasteiger partial charge in [-0.1, -0.05) is 60.7 Å². The van der Waals surface area contributed by atoms with Crippen LogP contribution in [0.2, 0.25) is 0 Å². The third-order valence-electron chi connectivity index (χ3n) is 5.94. The molecule has 1 aliphatic rings. The molecule has 0 N–H and O–H groups in total. The molecule has 0 bridgehead atoms. The summed E-state index contributed by atoms with van der Waals surface area (Å²) in [6, 6.07) is 29.4. The van der Waals surface area contributed by atoms with E-state index in [-0.39, 0.29) is 11.6 Å². The minimum Gasteiger partial charge on any atom is -0.497 e. The lowest BCUT2D eigenvalue weighted by molar-refractivity contribution is 0.103. The number of fused-ring (bicyclic) bond motifs is 2. The summed E-state index contributed by atoms with van der Waals surface area (Å²) < 4.78 is 10.6. The molecule has 0 atom stereocenters. The summed E-state index contributed by atoms with van der Waals surface area (Å²) in [6.45, 7) is 0. The van der Waals surface area contributed by atoms with Crippen molar-refractivity contribution in [3.8, 4) is 11.5 Å². The van der Waals surface area contributed by atoms with E-state index in [1.807, 2.05) is 95.8 Å². The van der Waals surface area contributed by atoms with Gasteiger partial charge in [0.15, 0.2) is 34.6 Å². The van der Waals surface area contributed by atoms with E-state index in [2.05, 4.69) is 0 Å². The van der Waals surface area contributed by atoms with Crippen LogP contribution in [0.4, 0.5) is 0 Å². The molecule has 0 spiro atoms. The second-order valence-electron chi connectivity index (χ2n) is 7.83. The standard InChI is InChI=1S/C29H19IO4/c1-33-20-14-12-19(13-15-20)28(31)26(18-10-16-21(34-30)17-11-18)27-22-6-2-4-8-24(22)29(32)25-9-5-3-7-23(25)27/h2-17H,1H3. The number of benzene rings is 4. The number of Topliss-reactive ketones (excluding diaryl/α,β-unsaturated/α-hetero) is 1. The molecule has 5 heteroatoms. The van der Waals surface area contributed by atoms with E-state index in [0.29, 0.717) is 33.8 Å². The zero-order valence-electron chi connectivity index (χ0n) is 18.2. The number of ether oxygens (including phenoxy) is 1. The molecule has 0 amide bonds. The highest BCUT2D eigenvalue weighted by molar-refractivity contribution is 14.1. The third-order valence-corrected chi connectivity index (χ3v) is 6.45. The fourth-order valence-electron chi connectivity index (χ4n) is 4.31. The second-order valence-corrected chi connectivity index (χ2v) is 8.27. The van der Waals surface area contributed by atoms with Crippen LogP contribution >= 0.6 is 23.0 Å². The van der Waals surface area contributed by atoms with Gasteiger partial charge >= 0.3 is 0 Å². The van der Waals surface area contributed by atoms with Gasteiger partial charge < -0.3 is 7.80 Å². The maximum Gasteiger partial charge on any atom is 0.194 e. The number of hydrogen-bond donors (Lipinski definition) is 0. The van der Waals surface area contributed by atoms with E-state index >= 15 is 0 Å². The molecule has 4 aromatic carbocycles. The average Bonchev–Trinajstić information content (AvgIpc) is 2.91. The lowest BCUT2D eigenvalue weighted by Gasteiger charge is -2.25. The maximum absolute atomic E-state index is 14.1. The van der Waals surface area contributed by atoms with Gasteiger partial charge in [-0.05, 0) is 53.1 Å². The molecular weight excluding hydrogens is 539 g/mol. The SMILES string of the molecule is COc1ccc(C(=O)C(=C2c3ccccc3C(=O)c3ccccc32)c2ccc(OI)cc2)cc1. The Morgan fingerprint density at radius 3 is 1.62 bits per heavy atom. The fraction of sp³-hybridized carbons (Fsp3) is 0.0345. The summed E-state index contributed by atoms with van der Waals surface area (Å²) >= 11 is 1.83. The predicted molar refractivity (Wildman–Crippen MR) is 141 cm³/mol. The van der Waals surface area contributed by atoms with Gasteiger partial charge in [0.2, 0.25) is 0 Å². The molecule has 5 rings (SSSR count). The number of halogens is 1. The van der Waals surface area contributed by atoms with Crippen molar-refractivity contribution >= 4 is 45.7 Å². The Morgan fingerprint density at radius 1 is 0.647 bits per heavy atom. The first-order valence-corrected chi connectivity index (χ1v) is 11.6. The summed E-state index contributed by atoms with van der Waals surface area (Å²) in [7, 11) is 1.59. The first-order chi connectivity index (χ1) is 16.6. The minimum atomic E-state index is -0.139. The van der Waals surface area contributed by atoms with Gasteiger partial charge in [-0.25, -0.2) is 0 Å². The zero-order chi connectivity index (χ0) is 23.7. The first-order valence-electron chi connectivity index (χ1n) is 10.7. The van der Waals surface area contributed by atoms with E-state index in [0.717, 1.165) is 22.3 Å². The van der Waals surface area contributed by atoms with Gasteiger partial charge in [0, 0.05) is 27.8 Å². The highest BCUT2D eigenvalue weighted by Crippen LogP contribution is 2.42. The van der Waals surface area contributed by atoms with Crippen molar-refractivity contribution in [2.75, 3.05) is 7.11 Å². The molecule has 0 unspecified atom stereocenters. The molecule has 0 fully saturated rings. The van der Waals surface area contributed by atoms with Gasteiger partial charge in [-0.2, -0.15) is 0 Å². The fourth-order valence-corrected chi connectivity index (χ4v) is 4.60. The molecule has 0 heterocycles. The van der Waals surface area contributed by atoms with Crippen molar-refractivity contribution in [3.05, 3.63) is 130 Å². The van der Waals surface area contributed by atoms with Gasteiger partial charge in [0.05, 0.1) is 7.11 Å². The quantitative estimate of drug-likeness (QED) is 0.135. The van der Waals surface area contributed by atoms with Crippen molar-refractivity contribution in [1.29, 1.82) is 0 Å². The summed E-state index contributed by atoms with van der Waals surface area (Å²) in [5, 5.41) is 0. The highest BCUT2D eigenvalue weighted by atomic mass is 127. The topological polar surface area (TPSA) is 52.6 Å². The highest BCUT2D eigenvalue weighted by Gasteiger charge is 2.31. The van der Waals surface area contributed by atoms with Crippen LogP contribution in [0.15, 0.2) is 97.1 Å². The number of methoxy groups -OCH3 is 1. The van der Waals surface area contributed by atoms with Gasteiger partial charge in [0.1, 0.15) is 11.5 Å². The molecular formula is C29H19IO4. The van der Waals surface area contributed by atoms with Crippen LogP contribution < -0.4 is 7.80 Å². The first kappa shape index (κ1) is 22.1. The molecule has 34 heavy (non-hydrogen) atoms. The van der Waals surface area contributed by atoms with E-state index in [1.54, 1.807) is 31.4 Å². The Labute approximate surface area is 211 Å². The summed E-state index contributed by atoms with van der Waals surface area (Å²) in [5.41, 5.74) is 5.21. The monoisotopic (exact) mass is 558 g/mol. The molecule has 0 saturated carbocycles. The largest absolute Gasteiger partial charge is 0.497 e. The number of carbonyl (C=O) groups excluding carboxylic acids is 2. The Bertz CT molecular complexity index is 1380. The van der Waals surface area contributed by atoms with E-state index in [4.69, 9.17) is 7.80 Å². The Kier molecular flexibility index (Phi) is 6.02. The van der Waals surface area contributed by atoms with Crippen molar-refractivity contribution in [2.24, 2.45) is 0 Å². The number of ketones is 2. The zero-order valence-corrected chi connectivity index (χ0v) is 20.4. The molecule has 4 nitrogen and oxygen atoms in total. The lowest BCUT2D eigenvalue weighted by atomic mass is 9.77. The molecule has 4 aromatic rings. The summed E-state index contributed by atoms with van der Waals surface area (Å²) in [5.74, 6) is 1.18. The van der Waals surface area contributed by atoms with Crippen LogP contribution in [0.25, 0.3) is 11.1 Å². The van der Waals surface area contributed by atoms with Crippen molar-refractivity contribution in [1.82, 2.24) is 0 Å². The van der Waals surface area contributed by atoms with Crippen molar-refractivity contribution in [2.45, 2.75) is 0 Å². The van der Waals surface area contributed by atoms with Crippen LogP contribution in [-0.4, -0.2) is 18.7 Å². The van der Waals surface area contributed by atoms with Crippen LogP contribution in [0, 0.1) is 0 Å². The van der Waals surface area contributed by atoms with Crippen LogP contribution in [0.1, 0.15) is 43.0 Å². The van der Waals surface area contributed by atoms with E-state index in [9.17, 15) is 9.59 Å². The molecule has 166 valence electrons. The number of allylic oxidation sites excluding steroid dienone is 1. The van der Waals surface area contributed by atoms with Gasteiger partial charge in [0.25, 0.3) is 0 Å². The number of carbonyl (C=O) groups is 2. The summed E-state index contributed by atoms with van der Waals surface area (Å²) in [6.07, 6.45) is 0. The molecule has 0 saturated heterocycles. The number of rotatable bonds is 5. The lowest BCUT2D eigenvalue weighted by Crippen LogP contribution is -2.17. The number of hydrogen-bond acceptors (Lipinski definition) is 4. The third kappa shape index (κ3) is 3.82. The van der Waals surface area contributed by atoms with E-state index < -0.39 is 0 Å². The average molecular weight is 558 g/mol. The van der Waals surface area contributed by atoms with Crippen molar-refractivity contribution in [3.63, 3.8) is 0 Å². The normalized spacial score (nSPS) is 11.9. The van der Waals surface area contributed by atoms with Crippen LogP contribution in [-0.2, 0) is 0 Å². The second kappa shape index (κ2) is 9.27. The predicted octanol–water partition coefficient (Wildman–Crippen LogP) is 6.81. The summed E-state index contributed by atoms with van der Waals surface area (Å²) in [4.78, 5) is 27.4.